The molecule has 2 aliphatic rings. The molecule has 38 heavy (non-hydrogen) atoms. The molecule has 1 aromatic heterocycles. The molecule has 2 aromatic carbocycles. The highest BCUT2D eigenvalue weighted by molar-refractivity contribution is 6.12. The van der Waals surface area contributed by atoms with E-state index < -0.39 is 5.54 Å². The summed E-state index contributed by atoms with van der Waals surface area (Å²) in [4.78, 5) is 28.1. The second-order valence-electron chi connectivity index (χ2n) is 11.5. The number of rotatable bonds is 4. The number of fused-ring (bicyclic) bond motifs is 1. The van der Waals surface area contributed by atoms with Gasteiger partial charge in [0.25, 0.3) is 5.91 Å². The fraction of sp³-hybridized carbons (Fsp3) is 0.485. The Bertz CT molecular complexity index is 1280. The Balaban J connectivity index is 0.000000360. The van der Waals surface area contributed by atoms with Gasteiger partial charge in [0.2, 0.25) is 0 Å². The number of carbonyl (C=O) groups is 2. The van der Waals surface area contributed by atoms with E-state index in [4.69, 9.17) is 0 Å². The van der Waals surface area contributed by atoms with E-state index in [2.05, 4.69) is 31.1 Å². The van der Waals surface area contributed by atoms with Crippen molar-refractivity contribution < 1.29 is 9.59 Å². The van der Waals surface area contributed by atoms with Crippen molar-refractivity contribution in [3.05, 3.63) is 70.9 Å². The van der Waals surface area contributed by atoms with Gasteiger partial charge in [-0.15, -0.1) is 0 Å². The predicted octanol–water partition coefficient (Wildman–Crippen LogP) is 7.71. The normalized spacial score (nSPS) is 19.8. The Morgan fingerprint density at radius 1 is 1.00 bits per heavy atom. The molecule has 1 unspecified atom stereocenters. The lowest BCUT2D eigenvalue weighted by molar-refractivity contribution is -0.122. The lowest BCUT2D eigenvalue weighted by Gasteiger charge is -2.43. The summed E-state index contributed by atoms with van der Waals surface area (Å²) in [6, 6.07) is 16.0. The number of amides is 1. The summed E-state index contributed by atoms with van der Waals surface area (Å²) in [5, 5.41) is 4.69. The van der Waals surface area contributed by atoms with Gasteiger partial charge in [-0.3, -0.25) is 19.2 Å². The monoisotopic (exact) mass is 513 g/mol. The number of nitrogens with zero attached hydrogens (tertiary/aromatic N) is 3. The molecule has 0 N–H and O–H groups in total. The summed E-state index contributed by atoms with van der Waals surface area (Å²) in [5.74, 6) is 0.765. The van der Waals surface area contributed by atoms with Crippen molar-refractivity contribution in [1.29, 1.82) is 0 Å². The zero-order chi connectivity index (χ0) is 27.4. The van der Waals surface area contributed by atoms with Crippen LogP contribution in [0.15, 0.2) is 48.5 Å². The molecule has 1 atom stereocenters. The third-order valence-corrected chi connectivity index (χ3v) is 8.32. The molecule has 5 heteroatoms. The molecule has 1 amide bonds. The maximum atomic E-state index is 13.7. The van der Waals surface area contributed by atoms with E-state index in [9.17, 15) is 9.59 Å². The van der Waals surface area contributed by atoms with E-state index in [1.165, 1.54) is 44.1 Å². The fourth-order valence-electron chi connectivity index (χ4n) is 5.55. The lowest BCUT2D eigenvalue weighted by atomic mass is 9.90. The lowest BCUT2D eigenvalue weighted by Crippen LogP contribution is -2.61. The van der Waals surface area contributed by atoms with Crippen LogP contribution in [0, 0.1) is 19.8 Å². The smallest absolute Gasteiger partial charge is 0.277 e. The summed E-state index contributed by atoms with van der Waals surface area (Å²) in [7, 11) is 0. The molecule has 1 aliphatic carbocycles. The summed E-state index contributed by atoms with van der Waals surface area (Å²) < 4.78 is 1.69. The van der Waals surface area contributed by atoms with Crippen molar-refractivity contribution in [1.82, 2.24) is 9.78 Å². The van der Waals surface area contributed by atoms with Crippen molar-refractivity contribution >= 4 is 17.4 Å². The molecular weight excluding hydrogens is 470 g/mol. The van der Waals surface area contributed by atoms with Gasteiger partial charge < -0.3 is 0 Å². The molecule has 5 rings (SSSR count). The highest BCUT2D eigenvalue weighted by Gasteiger charge is 2.47. The van der Waals surface area contributed by atoms with Crippen LogP contribution >= 0.6 is 0 Å². The van der Waals surface area contributed by atoms with Crippen LogP contribution in [0.25, 0.3) is 11.3 Å². The average Bonchev–Trinajstić information content (AvgIpc) is 3.17. The van der Waals surface area contributed by atoms with Crippen LogP contribution in [0.5, 0.6) is 0 Å². The van der Waals surface area contributed by atoms with Crippen LogP contribution in [0.1, 0.15) is 93.4 Å². The molecule has 0 saturated heterocycles. The van der Waals surface area contributed by atoms with E-state index in [1.54, 1.807) is 16.5 Å². The molecule has 3 aromatic rings. The van der Waals surface area contributed by atoms with Gasteiger partial charge in [-0.2, -0.15) is 5.10 Å². The highest BCUT2D eigenvalue weighted by atomic mass is 16.2. The Morgan fingerprint density at radius 2 is 1.66 bits per heavy atom. The van der Waals surface area contributed by atoms with Gasteiger partial charge in [0, 0.05) is 11.3 Å². The number of hydrogen-bond donors (Lipinski definition) is 0. The van der Waals surface area contributed by atoms with Gasteiger partial charge in [-0.1, -0.05) is 88.8 Å². The number of ketones is 1. The number of Topliss-reactive ketones (excluding diaryl/α,β-unsaturated/α-hetero) is 1. The Kier molecular flexibility index (Phi) is 8.54. The first-order valence-corrected chi connectivity index (χ1v) is 14.2. The predicted molar refractivity (Wildman–Crippen MR) is 156 cm³/mol. The Labute approximate surface area is 228 Å². The molecule has 5 nitrogen and oxygen atoms in total. The molecule has 0 spiro atoms. The van der Waals surface area contributed by atoms with Gasteiger partial charge in [-0.25, -0.2) is 0 Å². The second-order valence-corrected chi connectivity index (χ2v) is 11.5. The Hall–Kier alpha value is -3.21. The fourth-order valence-corrected chi connectivity index (χ4v) is 5.55. The largest absolute Gasteiger partial charge is 0.297 e. The zero-order valence-electron chi connectivity index (χ0n) is 24.0. The van der Waals surface area contributed by atoms with Crippen molar-refractivity contribution in [2.75, 3.05) is 4.90 Å². The number of benzene rings is 2. The number of hydrogen-bond acceptors (Lipinski definition) is 3. The van der Waals surface area contributed by atoms with Crippen LogP contribution < -0.4 is 4.90 Å². The second kappa shape index (κ2) is 11.7. The average molecular weight is 514 g/mol. The van der Waals surface area contributed by atoms with E-state index >= 15 is 0 Å². The SMILES string of the molecule is CC1CCCCCC1.CCc1ccc(-c2cc3n(n2)CC(C)(C(C)=O)N(c2cc(C)ccc2C)C3=O)cc1. The molecule has 1 aliphatic heterocycles. The van der Waals surface area contributed by atoms with Crippen molar-refractivity contribution in [2.45, 2.75) is 98.6 Å². The van der Waals surface area contributed by atoms with Gasteiger partial charge >= 0.3 is 0 Å². The first-order chi connectivity index (χ1) is 18.1. The zero-order valence-corrected chi connectivity index (χ0v) is 24.0. The maximum Gasteiger partial charge on any atom is 0.277 e. The van der Waals surface area contributed by atoms with Crippen LogP contribution in [0.3, 0.4) is 0 Å². The van der Waals surface area contributed by atoms with Crippen LogP contribution in [-0.4, -0.2) is 27.0 Å². The molecule has 2 heterocycles. The summed E-state index contributed by atoms with van der Waals surface area (Å²) in [6.07, 6.45) is 9.90. The number of anilines is 1. The molecule has 0 bridgehead atoms. The summed E-state index contributed by atoms with van der Waals surface area (Å²) in [5.41, 5.74) is 5.25. The standard InChI is InChI=1S/C25H27N3O2.C8H16/c1-6-19-9-11-20(12-10-19)21-14-23-24(30)28(22-13-16(2)7-8-17(22)3)25(5,18(4)29)15-27(23)26-21;1-8-6-4-2-3-5-7-8/h7-14H,6,15H2,1-5H3;8H,2-7H2,1H3. The van der Waals surface area contributed by atoms with Crippen LogP contribution in [0.4, 0.5) is 5.69 Å². The topological polar surface area (TPSA) is 55.2 Å². The van der Waals surface area contributed by atoms with Gasteiger partial charge in [0.15, 0.2) is 5.78 Å². The Morgan fingerprint density at radius 3 is 2.26 bits per heavy atom. The molecule has 1 saturated carbocycles. The molecule has 0 radical (unpaired) electrons. The minimum absolute atomic E-state index is 0.0632. The van der Waals surface area contributed by atoms with E-state index in [1.807, 2.05) is 57.2 Å². The summed E-state index contributed by atoms with van der Waals surface area (Å²) in [6.45, 7) is 12.2. The first-order valence-electron chi connectivity index (χ1n) is 14.2. The molecule has 202 valence electrons. The highest BCUT2D eigenvalue weighted by Crippen LogP contribution is 2.36. The third kappa shape index (κ3) is 5.77. The van der Waals surface area contributed by atoms with Crippen molar-refractivity contribution in [2.24, 2.45) is 5.92 Å². The molecular formula is C33H43N3O2. The quantitative estimate of drug-likeness (QED) is 0.336. The van der Waals surface area contributed by atoms with E-state index in [-0.39, 0.29) is 11.7 Å². The van der Waals surface area contributed by atoms with Crippen LogP contribution in [-0.2, 0) is 17.8 Å². The first kappa shape index (κ1) is 27.8. The summed E-state index contributed by atoms with van der Waals surface area (Å²) >= 11 is 0. The third-order valence-electron chi connectivity index (χ3n) is 8.32. The van der Waals surface area contributed by atoms with E-state index in [0.29, 0.717) is 12.2 Å². The van der Waals surface area contributed by atoms with Gasteiger partial charge in [-0.05, 0) is 68.9 Å². The van der Waals surface area contributed by atoms with Crippen molar-refractivity contribution in [3.8, 4) is 11.3 Å². The number of aromatic nitrogens is 2. The number of aryl methyl sites for hydroxylation is 3. The minimum Gasteiger partial charge on any atom is -0.297 e. The maximum absolute atomic E-state index is 13.7. The van der Waals surface area contributed by atoms with Crippen LogP contribution in [0.2, 0.25) is 0 Å². The number of carbonyl (C=O) groups excluding carboxylic acids is 2. The van der Waals surface area contributed by atoms with Gasteiger partial charge in [0.1, 0.15) is 11.2 Å². The molecule has 1 fully saturated rings. The van der Waals surface area contributed by atoms with Gasteiger partial charge in [0.05, 0.1) is 12.2 Å². The van der Waals surface area contributed by atoms with E-state index in [0.717, 1.165) is 40.4 Å². The van der Waals surface area contributed by atoms with Crippen molar-refractivity contribution in [3.63, 3.8) is 0 Å². The minimum atomic E-state index is -1.00.